The Bertz CT molecular complexity index is 1430. The van der Waals surface area contributed by atoms with Crippen LogP contribution >= 0.6 is 0 Å². The Morgan fingerprint density at radius 3 is 2.80 bits per heavy atom. The molecule has 4 heterocycles. The number of carbonyl (C=O) groups is 2. The fraction of sp³-hybridized carbons (Fsp3) is 0.517. The molecule has 6 rings (SSSR count). The second-order valence-electron chi connectivity index (χ2n) is 11.7. The topological polar surface area (TPSA) is 128 Å². The molecule has 2 amide bonds. The van der Waals surface area contributed by atoms with E-state index in [9.17, 15) is 9.59 Å². The van der Waals surface area contributed by atoms with E-state index in [2.05, 4.69) is 20.3 Å². The maximum absolute atomic E-state index is 13.3. The monoisotopic (exact) mass is 549 g/mol. The summed E-state index contributed by atoms with van der Waals surface area (Å²) < 4.78 is 23.1. The molecule has 0 bridgehead atoms. The normalized spacial score (nSPS) is 18.6. The molecule has 0 spiro atoms. The molecule has 1 saturated carbocycles. The SMILES string of the molecule is CC(C)(C)OC(=O)N1CCCC(CNC(=O)c2c[nH]c3c(-c4c(OCC5CC5)ccc5c4OCO5)ncnc23)C1. The Labute approximate surface area is 232 Å². The molecular weight excluding hydrogens is 514 g/mol. The van der Waals surface area contributed by atoms with Crippen LogP contribution in [-0.4, -0.2) is 70.5 Å². The number of carbonyl (C=O) groups excluding carboxylic acids is 2. The summed E-state index contributed by atoms with van der Waals surface area (Å²) in [5, 5.41) is 3.04. The summed E-state index contributed by atoms with van der Waals surface area (Å²) in [5.74, 6) is 2.32. The van der Waals surface area contributed by atoms with Crippen LogP contribution in [0.2, 0.25) is 0 Å². The van der Waals surface area contributed by atoms with Gasteiger partial charge < -0.3 is 34.1 Å². The number of amides is 2. The molecular formula is C29H35N5O6. The molecule has 2 fully saturated rings. The first kappa shape index (κ1) is 26.2. The minimum Gasteiger partial charge on any atom is -0.492 e. The maximum Gasteiger partial charge on any atom is 0.410 e. The van der Waals surface area contributed by atoms with Crippen molar-refractivity contribution in [2.75, 3.05) is 33.0 Å². The summed E-state index contributed by atoms with van der Waals surface area (Å²) in [6, 6.07) is 3.72. The number of nitrogens with zero attached hydrogens (tertiary/aromatic N) is 3. The van der Waals surface area contributed by atoms with Crippen molar-refractivity contribution in [1.29, 1.82) is 0 Å². The largest absolute Gasteiger partial charge is 0.492 e. The summed E-state index contributed by atoms with van der Waals surface area (Å²) in [7, 11) is 0. The predicted octanol–water partition coefficient (Wildman–Crippen LogP) is 4.52. The third kappa shape index (κ3) is 5.50. The molecule has 11 nitrogen and oxygen atoms in total. The van der Waals surface area contributed by atoms with Crippen molar-refractivity contribution >= 4 is 23.0 Å². The molecule has 212 valence electrons. The van der Waals surface area contributed by atoms with Crippen LogP contribution in [0.5, 0.6) is 17.2 Å². The average Bonchev–Trinajstić information content (AvgIpc) is 3.45. The smallest absolute Gasteiger partial charge is 0.410 e. The van der Waals surface area contributed by atoms with Gasteiger partial charge in [-0.2, -0.15) is 0 Å². The number of rotatable bonds is 7. The third-order valence-electron chi connectivity index (χ3n) is 7.34. The van der Waals surface area contributed by atoms with Crippen molar-refractivity contribution < 1.29 is 28.5 Å². The van der Waals surface area contributed by atoms with Gasteiger partial charge in [0.05, 0.1) is 23.3 Å². The average molecular weight is 550 g/mol. The van der Waals surface area contributed by atoms with E-state index in [-0.39, 0.29) is 24.7 Å². The van der Waals surface area contributed by atoms with Crippen molar-refractivity contribution in [1.82, 2.24) is 25.2 Å². The predicted molar refractivity (Wildman–Crippen MR) is 147 cm³/mol. The molecule has 3 aliphatic rings. The lowest BCUT2D eigenvalue weighted by atomic mass is 9.98. The van der Waals surface area contributed by atoms with Crippen LogP contribution in [0.25, 0.3) is 22.3 Å². The Balaban J connectivity index is 1.20. The number of nitrogens with one attached hydrogen (secondary N) is 2. The van der Waals surface area contributed by atoms with Crippen molar-refractivity contribution in [3.63, 3.8) is 0 Å². The molecule has 2 aliphatic heterocycles. The molecule has 11 heteroatoms. The van der Waals surface area contributed by atoms with E-state index >= 15 is 0 Å². The summed E-state index contributed by atoms with van der Waals surface area (Å²) >= 11 is 0. The summed E-state index contributed by atoms with van der Waals surface area (Å²) in [6.45, 7) is 7.97. The van der Waals surface area contributed by atoms with Crippen LogP contribution in [0.4, 0.5) is 4.79 Å². The summed E-state index contributed by atoms with van der Waals surface area (Å²) in [4.78, 5) is 39.7. The van der Waals surface area contributed by atoms with Crippen LogP contribution in [0, 0.1) is 11.8 Å². The molecule has 1 unspecified atom stereocenters. The lowest BCUT2D eigenvalue weighted by Crippen LogP contribution is -2.45. The fourth-order valence-corrected chi connectivity index (χ4v) is 5.15. The fourth-order valence-electron chi connectivity index (χ4n) is 5.15. The van der Waals surface area contributed by atoms with Gasteiger partial charge in [0.2, 0.25) is 6.79 Å². The highest BCUT2D eigenvalue weighted by Crippen LogP contribution is 2.48. The van der Waals surface area contributed by atoms with Gasteiger partial charge in [-0.05, 0) is 70.4 Å². The minimum absolute atomic E-state index is 0.119. The summed E-state index contributed by atoms with van der Waals surface area (Å²) in [5.41, 5.74) is 2.26. The number of hydrogen-bond donors (Lipinski definition) is 2. The van der Waals surface area contributed by atoms with Crippen LogP contribution in [0.1, 0.15) is 56.8 Å². The molecule has 3 aromatic rings. The number of ether oxygens (including phenoxy) is 4. The standard InChI is InChI=1S/C29H35N5O6/c1-29(2,3)40-28(36)34-10-4-5-18(13-34)11-31-27(35)19-12-30-25-23(19)32-15-33-24(25)22-20(37-14-17-6-7-17)8-9-21-26(22)39-16-38-21/h8-9,12,15,17-18,30H,4-7,10-11,13-14,16H2,1-3H3,(H,31,35). The highest BCUT2D eigenvalue weighted by Gasteiger charge is 2.30. The van der Waals surface area contributed by atoms with Gasteiger partial charge in [0, 0.05) is 25.8 Å². The van der Waals surface area contributed by atoms with Crippen molar-refractivity contribution in [3.05, 3.63) is 30.2 Å². The van der Waals surface area contributed by atoms with Gasteiger partial charge >= 0.3 is 6.09 Å². The molecule has 2 aromatic heterocycles. The number of aromatic amines is 1. The zero-order chi connectivity index (χ0) is 27.9. The van der Waals surface area contributed by atoms with E-state index in [4.69, 9.17) is 18.9 Å². The van der Waals surface area contributed by atoms with Gasteiger partial charge in [0.25, 0.3) is 5.91 Å². The first-order chi connectivity index (χ1) is 19.3. The highest BCUT2D eigenvalue weighted by atomic mass is 16.7. The molecule has 40 heavy (non-hydrogen) atoms. The zero-order valence-electron chi connectivity index (χ0n) is 23.1. The molecule has 2 N–H and O–H groups in total. The van der Waals surface area contributed by atoms with Crippen LogP contribution in [-0.2, 0) is 4.74 Å². The van der Waals surface area contributed by atoms with Crippen molar-refractivity contribution in [2.45, 2.75) is 52.1 Å². The zero-order valence-corrected chi connectivity index (χ0v) is 23.1. The van der Waals surface area contributed by atoms with Gasteiger partial charge in [0.1, 0.15) is 28.9 Å². The first-order valence-electron chi connectivity index (χ1n) is 13.9. The number of hydrogen-bond acceptors (Lipinski definition) is 8. The quantitative estimate of drug-likeness (QED) is 0.440. The van der Waals surface area contributed by atoms with E-state index in [0.717, 1.165) is 12.8 Å². The summed E-state index contributed by atoms with van der Waals surface area (Å²) in [6.07, 6.45) is 6.91. The number of likely N-dealkylation sites (tertiary alicyclic amines) is 1. The van der Waals surface area contributed by atoms with Crippen LogP contribution in [0.15, 0.2) is 24.7 Å². The number of aromatic nitrogens is 3. The van der Waals surface area contributed by atoms with Gasteiger partial charge in [-0.15, -0.1) is 0 Å². The second-order valence-corrected chi connectivity index (χ2v) is 11.7. The molecule has 1 atom stereocenters. The molecule has 1 aliphatic carbocycles. The number of piperidine rings is 1. The second kappa shape index (κ2) is 10.5. The number of benzene rings is 1. The van der Waals surface area contributed by atoms with E-state index in [0.29, 0.717) is 77.3 Å². The van der Waals surface area contributed by atoms with Gasteiger partial charge in [-0.1, -0.05) is 0 Å². The Hall–Kier alpha value is -4.02. The van der Waals surface area contributed by atoms with Crippen LogP contribution in [0.3, 0.4) is 0 Å². The van der Waals surface area contributed by atoms with Crippen molar-refractivity contribution in [2.24, 2.45) is 11.8 Å². The van der Waals surface area contributed by atoms with Gasteiger partial charge in [0.15, 0.2) is 11.5 Å². The van der Waals surface area contributed by atoms with Crippen LogP contribution < -0.4 is 19.5 Å². The van der Waals surface area contributed by atoms with E-state index in [1.54, 1.807) is 11.1 Å². The van der Waals surface area contributed by atoms with E-state index in [1.807, 2.05) is 32.9 Å². The van der Waals surface area contributed by atoms with Crippen molar-refractivity contribution in [3.8, 4) is 28.5 Å². The lowest BCUT2D eigenvalue weighted by molar-refractivity contribution is 0.0167. The molecule has 1 aromatic carbocycles. The Morgan fingerprint density at radius 1 is 1.15 bits per heavy atom. The molecule has 0 radical (unpaired) electrons. The number of fused-ring (bicyclic) bond motifs is 2. The Morgan fingerprint density at radius 2 is 2.00 bits per heavy atom. The van der Waals surface area contributed by atoms with E-state index < -0.39 is 5.60 Å². The van der Waals surface area contributed by atoms with Gasteiger partial charge in [-0.25, -0.2) is 14.8 Å². The van der Waals surface area contributed by atoms with Gasteiger partial charge in [-0.3, -0.25) is 4.79 Å². The minimum atomic E-state index is -0.544. The number of H-pyrrole nitrogens is 1. The maximum atomic E-state index is 13.3. The molecule has 1 saturated heterocycles. The highest BCUT2D eigenvalue weighted by molar-refractivity contribution is 6.08. The first-order valence-corrected chi connectivity index (χ1v) is 13.9. The third-order valence-corrected chi connectivity index (χ3v) is 7.34. The lowest BCUT2D eigenvalue weighted by Gasteiger charge is -2.34. The Kier molecular flexibility index (Phi) is 6.89. The van der Waals surface area contributed by atoms with E-state index in [1.165, 1.54) is 19.2 Å².